The number of alkyl halides is 3. The molecule has 19 heavy (non-hydrogen) atoms. The molecule has 0 aromatic heterocycles. The molecule has 6 nitrogen and oxygen atoms in total. The van der Waals surface area contributed by atoms with Crippen molar-refractivity contribution < 1.29 is 31.5 Å². The Bertz CT molecular complexity index is 437. The highest BCUT2D eigenvalue weighted by Gasteiger charge is 2.38. The third-order valence-electron chi connectivity index (χ3n) is 2.93. The van der Waals surface area contributed by atoms with E-state index < -0.39 is 40.9 Å². The average Bonchev–Trinajstić information content (AvgIpc) is 2.25. The third-order valence-corrected chi connectivity index (χ3v) is 4.60. The first-order valence-corrected chi connectivity index (χ1v) is 7.03. The van der Waals surface area contributed by atoms with E-state index in [4.69, 9.17) is 5.11 Å². The van der Waals surface area contributed by atoms with Gasteiger partial charge in [-0.05, 0) is 19.8 Å². The van der Waals surface area contributed by atoms with Crippen LogP contribution < -0.4 is 4.72 Å². The van der Waals surface area contributed by atoms with Gasteiger partial charge in [0.1, 0.15) is 6.54 Å². The van der Waals surface area contributed by atoms with Crippen LogP contribution in [0.4, 0.5) is 13.2 Å². The Morgan fingerprint density at radius 3 is 2.47 bits per heavy atom. The van der Waals surface area contributed by atoms with E-state index in [1.165, 1.54) is 11.6 Å². The fraction of sp³-hybridized carbons (Fsp3) is 0.889. The smallest absolute Gasteiger partial charge is 0.402 e. The molecule has 1 saturated heterocycles. The van der Waals surface area contributed by atoms with Gasteiger partial charge in [0, 0.05) is 12.6 Å². The van der Waals surface area contributed by atoms with Crippen LogP contribution in [0.5, 0.6) is 0 Å². The normalized spacial score (nSPS) is 26.3. The number of carbonyl (C=O) groups is 1. The Hall–Kier alpha value is -0.870. The zero-order valence-corrected chi connectivity index (χ0v) is 11.0. The first-order chi connectivity index (χ1) is 8.53. The molecule has 112 valence electrons. The maximum absolute atomic E-state index is 12.0. The van der Waals surface area contributed by atoms with E-state index in [0.717, 1.165) is 4.31 Å². The summed E-state index contributed by atoms with van der Waals surface area (Å²) in [5.74, 6) is -1.68. The second-order valence-corrected chi connectivity index (χ2v) is 6.17. The van der Waals surface area contributed by atoms with Crippen molar-refractivity contribution in [1.29, 1.82) is 0 Å². The van der Waals surface area contributed by atoms with Gasteiger partial charge in [-0.3, -0.25) is 4.79 Å². The van der Waals surface area contributed by atoms with Gasteiger partial charge in [-0.25, -0.2) is 0 Å². The Kier molecular flexibility index (Phi) is 4.80. The molecule has 1 fully saturated rings. The molecule has 0 bridgehead atoms. The lowest BCUT2D eigenvalue weighted by atomic mass is 9.93. The van der Waals surface area contributed by atoms with Crippen molar-refractivity contribution >= 4 is 16.2 Å². The average molecular weight is 304 g/mol. The second-order valence-electron chi connectivity index (χ2n) is 4.46. The second kappa shape index (κ2) is 5.63. The van der Waals surface area contributed by atoms with Gasteiger partial charge < -0.3 is 5.11 Å². The molecule has 0 aliphatic carbocycles. The largest absolute Gasteiger partial charge is 0.481 e. The number of hydrogen-bond acceptors (Lipinski definition) is 3. The van der Waals surface area contributed by atoms with Crippen molar-refractivity contribution in [2.45, 2.75) is 32.0 Å². The van der Waals surface area contributed by atoms with Crippen LogP contribution in [0.1, 0.15) is 19.8 Å². The van der Waals surface area contributed by atoms with Crippen LogP contribution in [0, 0.1) is 5.92 Å². The van der Waals surface area contributed by atoms with Crippen molar-refractivity contribution in [3.8, 4) is 0 Å². The Morgan fingerprint density at radius 1 is 1.47 bits per heavy atom. The SMILES string of the molecule is CC1CC(C(=O)O)CCN1S(=O)(=O)NCC(F)(F)F. The lowest BCUT2D eigenvalue weighted by Gasteiger charge is -2.35. The Morgan fingerprint density at radius 2 is 2.05 bits per heavy atom. The standard InChI is InChI=1S/C9H15F3N2O4S/c1-6-4-7(8(15)16)2-3-14(6)19(17,18)13-5-9(10,11)12/h6-7,13H,2-5H2,1H3,(H,15,16). The minimum absolute atomic E-state index is 0.0856. The summed E-state index contributed by atoms with van der Waals surface area (Å²) in [6.07, 6.45) is -4.45. The molecule has 1 rings (SSSR count). The lowest BCUT2D eigenvalue weighted by Crippen LogP contribution is -2.51. The van der Waals surface area contributed by atoms with E-state index in [0.29, 0.717) is 0 Å². The molecule has 2 N–H and O–H groups in total. The molecule has 0 aromatic rings. The minimum Gasteiger partial charge on any atom is -0.481 e. The number of piperidine rings is 1. The number of carboxylic acid groups (broad SMARTS) is 1. The summed E-state index contributed by atoms with van der Waals surface area (Å²) >= 11 is 0. The van der Waals surface area contributed by atoms with Crippen molar-refractivity contribution in [3.05, 3.63) is 0 Å². The quantitative estimate of drug-likeness (QED) is 0.795. The molecule has 0 amide bonds. The van der Waals surface area contributed by atoms with Crippen LogP contribution in [0.3, 0.4) is 0 Å². The van der Waals surface area contributed by atoms with Gasteiger partial charge in [-0.15, -0.1) is 0 Å². The molecule has 0 aromatic carbocycles. The molecular weight excluding hydrogens is 289 g/mol. The first-order valence-electron chi connectivity index (χ1n) is 5.59. The third kappa shape index (κ3) is 4.62. The van der Waals surface area contributed by atoms with Gasteiger partial charge >= 0.3 is 12.1 Å². The van der Waals surface area contributed by atoms with Crippen LogP contribution >= 0.6 is 0 Å². The van der Waals surface area contributed by atoms with Gasteiger partial charge in [0.25, 0.3) is 10.2 Å². The molecule has 10 heteroatoms. The fourth-order valence-corrected chi connectivity index (χ4v) is 3.41. The number of halogens is 3. The number of carboxylic acids is 1. The van der Waals surface area contributed by atoms with Crippen molar-refractivity contribution in [2.24, 2.45) is 5.92 Å². The van der Waals surface area contributed by atoms with Crippen LogP contribution in [0.2, 0.25) is 0 Å². The van der Waals surface area contributed by atoms with Gasteiger partial charge in [-0.2, -0.15) is 30.6 Å². The summed E-state index contributed by atoms with van der Waals surface area (Å²) in [7, 11) is -4.24. The van der Waals surface area contributed by atoms with E-state index in [1.807, 2.05) is 0 Å². The number of nitrogens with one attached hydrogen (secondary N) is 1. The molecule has 2 atom stereocenters. The van der Waals surface area contributed by atoms with Crippen molar-refractivity contribution in [1.82, 2.24) is 9.03 Å². The molecule has 2 unspecified atom stereocenters. The van der Waals surface area contributed by atoms with Gasteiger partial charge in [0.05, 0.1) is 5.92 Å². The summed E-state index contributed by atoms with van der Waals surface area (Å²) in [6, 6.07) is -0.652. The molecule has 0 spiro atoms. The number of nitrogens with zero attached hydrogens (tertiary/aromatic N) is 1. The zero-order valence-electron chi connectivity index (χ0n) is 10.1. The van der Waals surface area contributed by atoms with Crippen molar-refractivity contribution in [3.63, 3.8) is 0 Å². The molecule has 0 saturated carbocycles. The van der Waals surface area contributed by atoms with Gasteiger partial charge in [0.15, 0.2) is 0 Å². The zero-order chi connectivity index (χ0) is 14.8. The molecule has 0 radical (unpaired) electrons. The minimum atomic E-state index is -4.63. The maximum Gasteiger partial charge on any atom is 0.402 e. The van der Waals surface area contributed by atoms with Crippen molar-refractivity contribution in [2.75, 3.05) is 13.1 Å². The van der Waals surface area contributed by atoms with Crippen LogP contribution in [-0.2, 0) is 15.0 Å². The van der Waals surface area contributed by atoms with E-state index in [1.54, 1.807) is 0 Å². The highest BCUT2D eigenvalue weighted by atomic mass is 32.2. The monoisotopic (exact) mass is 304 g/mol. The topological polar surface area (TPSA) is 86.7 Å². The van der Waals surface area contributed by atoms with Gasteiger partial charge in [0.2, 0.25) is 0 Å². The summed E-state index contributed by atoms with van der Waals surface area (Å²) < 4.78 is 61.7. The predicted molar refractivity (Wildman–Crippen MR) is 59.5 cm³/mol. The maximum atomic E-state index is 12.0. The highest BCUT2D eigenvalue weighted by Crippen LogP contribution is 2.25. The van der Waals surface area contributed by atoms with Crippen LogP contribution in [0.25, 0.3) is 0 Å². The van der Waals surface area contributed by atoms with Crippen LogP contribution in [-0.4, -0.2) is 49.1 Å². The summed E-state index contributed by atoms with van der Waals surface area (Å²) in [5.41, 5.74) is 0. The molecule has 1 heterocycles. The molecule has 1 aliphatic heterocycles. The highest BCUT2D eigenvalue weighted by molar-refractivity contribution is 7.87. The summed E-state index contributed by atoms with van der Waals surface area (Å²) in [4.78, 5) is 10.8. The Balaban J connectivity index is 2.68. The van der Waals surface area contributed by atoms with Crippen LogP contribution in [0.15, 0.2) is 0 Å². The number of aliphatic carboxylic acids is 1. The summed E-state index contributed by atoms with van der Waals surface area (Å²) in [6.45, 7) is -0.270. The van der Waals surface area contributed by atoms with E-state index in [9.17, 15) is 26.4 Å². The number of hydrogen-bond donors (Lipinski definition) is 2. The first kappa shape index (κ1) is 16.2. The summed E-state index contributed by atoms with van der Waals surface area (Å²) in [5, 5.41) is 8.82. The Labute approximate surface area is 108 Å². The molecular formula is C9H15F3N2O4S. The lowest BCUT2D eigenvalue weighted by molar-refractivity contribution is -0.143. The van der Waals surface area contributed by atoms with E-state index >= 15 is 0 Å². The van der Waals surface area contributed by atoms with E-state index in [-0.39, 0.29) is 19.4 Å². The predicted octanol–water partition coefficient (Wildman–Crippen LogP) is 0.568. The number of rotatable bonds is 4. The van der Waals surface area contributed by atoms with Gasteiger partial charge in [-0.1, -0.05) is 0 Å². The van der Waals surface area contributed by atoms with E-state index in [2.05, 4.69) is 0 Å². The molecule has 1 aliphatic rings. The fourth-order valence-electron chi connectivity index (χ4n) is 1.99.